The molecule has 3 atom stereocenters. The van der Waals surface area contributed by atoms with Gasteiger partial charge in [-0.1, -0.05) is 89.6 Å². The van der Waals surface area contributed by atoms with Gasteiger partial charge in [0.25, 0.3) is 5.91 Å². The molecule has 1 saturated carbocycles. The number of unbranched alkanes of at least 4 members (excludes halogenated alkanes) is 1. The van der Waals surface area contributed by atoms with Crippen molar-refractivity contribution in [2.75, 3.05) is 22.9 Å². The lowest BCUT2D eigenvalue weighted by molar-refractivity contribution is -0.136. The Kier molecular flexibility index (Phi) is 10.8. The molecule has 7 heteroatoms. The fourth-order valence-electron chi connectivity index (χ4n) is 6.59. The summed E-state index contributed by atoms with van der Waals surface area (Å²) >= 11 is 0. The van der Waals surface area contributed by atoms with Gasteiger partial charge in [-0.05, 0) is 55.4 Å². The molecule has 1 fully saturated rings. The predicted molar refractivity (Wildman–Crippen MR) is 166 cm³/mol. The molecular weight excluding hydrogens is 512 g/mol. The Balaban J connectivity index is 1.68. The van der Waals surface area contributed by atoms with E-state index in [9.17, 15) is 14.4 Å². The van der Waals surface area contributed by atoms with Crippen LogP contribution in [0.15, 0.2) is 54.6 Å². The van der Waals surface area contributed by atoms with Gasteiger partial charge in [-0.15, -0.1) is 0 Å². The van der Waals surface area contributed by atoms with Gasteiger partial charge in [0.1, 0.15) is 6.04 Å². The van der Waals surface area contributed by atoms with Crippen LogP contribution in [0.4, 0.5) is 17.1 Å². The van der Waals surface area contributed by atoms with Crippen LogP contribution < -0.4 is 20.9 Å². The molecule has 2 aromatic rings. The van der Waals surface area contributed by atoms with Crippen molar-refractivity contribution in [3.8, 4) is 0 Å². The van der Waals surface area contributed by atoms with E-state index in [0.717, 1.165) is 36.3 Å². The summed E-state index contributed by atoms with van der Waals surface area (Å²) in [6.07, 6.45) is 8.74. The average molecular weight is 561 g/mol. The Hall–Kier alpha value is -3.35. The van der Waals surface area contributed by atoms with Crippen LogP contribution in [0.2, 0.25) is 0 Å². The normalized spacial score (nSPS) is 19.1. The number of anilines is 3. The average Bonchev–Trinajstić information content (AvgIpc) is 3.45. The molecule has 0 spiro atoms. The maximum Gasteiger partial charge on any atom is 0.251 e. The minimum atomic E-state index is -0.770. The van der Waals surface area contributed by atoms with Crippen LogP contribution in [0.1, 0.15) is 78.6 Å². The highest BCUT2D eigenvalue weighted by Crippen LogP contribution is 2.38. The topological polar surface area (TPSA) is 95.7 Å². The van der Waals surface area contributed by atoms with E-state index < -0.39 is 23.8 Å². The zero-order chi connectivity index (χ0) is 29.4. The zero-order valence-corrected chi connectivity index (χ0v) is 25.1. The molecular formula is C34H48N4O3. The molecule has 0 saturated heterocycles. The van der Waals surface area contributed by atoms with Gasteiger partial charge in [-0.2, -0.15) is 0 Å². The van der Waals surface area contributed by atoms with Crippen molar-refractivity contribution >= 4 is 34.8 Å². The summed E-state index contributed by atoms with van der Waals surface area (Å²) in [5.41, 5.74) is 8.63. The number of hydrogen-bond acceptors (Lipinski definition) is 4. The SMILES string of the molecule is CCCCC(C(N)=O)C(CC(C)C)C(=O)NC1CN(c2ccccc2)c2ccccc2N(CCC2CCCC2)C1=O. The highest BCUT2D eigenvalue weighted by Gasteiger charge is 2.39. The van der Waals surface area contributed by atoms with Crippen molar-refractivity contribution in [3.05, 3.63) is 54.6 Å². The second kappa shape index (κ2) is 14.5. The van der Waals surface area contributed by atoms with Crippen molar-refractivity contribution < 1.29 is 14.4 Å². The first-order valence-electron chi connectivity index (χ1n) is 15.6. The number of carbonyl (C=O) groups excluding carboxylic acids is 3. The summed E-state index contributed by atoms with van der Waals surface area (Å²) in [6, 6.07) is 17.3. The quantitative estimate of drug-likeness (QED) is 0.305. The lowest BCUT2D eigenvalue weighted by atomic mass is 9.81. The van der Waals surface area contributed by atoms with Gasteiger partial charge in [0.05, 0.1) is 17.9 Å². The van der Waals surface area contributed by atoms with E-state index in [0.29, 0.717) is 31.8 Å². The second-order valence-electron chi connectivity index (χ2n) is 12.3. The summed E-state index contributed by atoms with van der Waals surface area (Å²) in [5.74, 6) is -1.10. The number of benzene rings is 2. The van der Waals surface area contributed by atoms with E-state index in [1.54, 1.807) is 0 Å². The molecule has 0 radical (unpaired) electrons. The third-order valence-electron chi connectivity index (χ3n) is 8.79. The van der Waals surface area contributed by atoms with Gasteiger partial charge in [0.15, 0.2) is 0 Å². The summed E-state index contributed by atoms with van der Waals surface area (Å²) in [4.78, 5) is 44.9. The lowest BCUT2D eigenvalue weighted by Crippen LogP contribution is -2.54. The van der Waals surface area contributed by atoms with Crippen LogP contribution in [-0.4, -0.2) is 36.9 Å². The Labute approximate surface area is 245 Å². The molecule has 3 amide bonds. The first kappa shape index (κ1) is 30.6. The minimum Gasteiger partial charge on any atom is -0.369 e. The van der Waals surface area contributed by atoms with Gasteiger partial charge in [-0.3, -0.25) is 14.4 Å². The molecule has 7 nitrogen and oxygen atoms in total. The van der Waals surface area contributed by atoms with E-state index in [-0.39, 0.29) is 17.7 Å². The van der Waals surface area contributed by atoms with E-state index in [1.807, 2.05) is 67.3 Å². The molecule has 3 unspecified atom stereocenters. The molecule has 1 aliphatic carbocycles. The Bertz CT molecular complexity index is 1160. The standard InChI is InChI=1S/C34H48N4O3/c1-4-5-17-27(32(35)39)28(22-24(2)3)33(40)36-29-23-38(26-15-7-6-8-16-26)31-19-12-11-18-30(31)37(34(29)41)21-20-25-13-9-10-14-25/h6-8,11-12,15-16,18-19,24-25,27-29H,4-5,9-10,13-14,17,20-23H2,1-3H3,(H2,35,39)(H,36,40). The monoisotopic (exact) mass is 560 g/mol. The summed E-state index contributed by atoms with van der Waals surface area (Å²) < 4.78 is 0. The Morgan fingerprint density at radius 1 is 0.976 bits per heavy atom. The summed E-state index contributed by atoms with van der Waals surface area (Å²) in [7, 11) is 0. The summed E-state index contributed by atoms with van der Waals surface area (Å²) in [5, 5.41) is 3.14. The molecule has 2 aliphatic rings. The highest BCUT2D eigenvalue weighted by atomic mass is 16.2. The van der Waals surface area contributed by atoms with Gasteiger partial charge in [-0.25, -0.2) is 0 Å². The molecule has 2 aromatic carbocycles. The number of hydrogen-bond donors (Lipinski definition) is 2. The van der Waals surface area contributed by atoms with Gasteiger partial charge < -0.3 is 20.9 Å². The third kappa shape index (κ3) is 7.69. The van der Waals surface area contributed by atoms with Gasteiger partial charge in [0, 0.05) is 24.1 Å². The number of nitrogens with one attached hydrogen (secondary N) is 1. The number of nitrogens with zero attached hydrogens (tertiary/aromatic N) is 2. The molecule has 41 heavy (non-hydrogen) atoms. The molecule has 222 valence electrons. The van der Waals surface area contributed by atoms with Crippen LogP contribution in [0.3, 0.4) is 0 Å². The van der Waals surface area contributed by atoms with Gasteiger partial charge >= 0.3 is 0 Å². The number of amides is 3. The largest absolute Gasteiger partial charge is 0.369 e. The van der Waals surface area contributed by atoms with Crippen LogP contribution >= 0.6 is 0 Å². The first-order valence-corrected chi connectivity index (χ1v) is 15.6. The third-order valence-corrected chi connectivity index (χ3v) is 8.79. The molecule has 0 aromatic heterocycles. The lowest BCUT2D eigenvalue weighted by Gasteiger charge is -2.30. The van der Waals surface area contributed by atoms with Crippen molar-refractivity contribution in [1.29, 1.82) is 0 Å². The number of carbonyl (C=O) groups is 3. The van der Waals surface area contributed by atoms with Crippen molar-refractivity contribution in [2.45, 2.75) is 84.6 Å². The van der Waals surface area contributed by atoms with Gasteiger partial charge in [0.2, 0.25) is 11.8 Å². The van der Waals surface area contributed by atoms with Crippen molar-refractivity contribution in [2.24, 2.45) is 29.4 Å². The maximum absolute atomic E-state index is 14.3. The molecule has 0 bridgehead atoms. The predicted octanol–water partition coefficient (Wildman–Crippen LogP) is 6.19. The van der Waals surface area contributed by atoms with E-state index >= 15 is 0 Å². The smallest absolute Gasteiger partial charge is 0.251 e. The number of para-hydroxylation sites is 3. The van der Waals surface area contributed by atoms with Crippen LogP contribution in [0, 0.1) is 23.7 Å². The number of primary amides is 1. The molecule has 4 rings (SSSR count). The number of nitrogens with two attached hydrogens (primary N) is 1. The van der Waals surface area contributed by atoms with Crippen molar-refractivity contribution in [3.63, 3.8) is 0 Å². The van der Waals surface area contributed by atoms with E-state index in [1.165, 1.54) is 25.7 Å². The summed E-state index contributed by atoms with van der Waals surface area (Å²) in [6.45, 7) is 7.08. The molecule has 3 N–H and O–H groups in total. The Morgan fingerprint density at radius 2 is 1.63 bits per heavy atom. The molecule has 1 heterocycles. The van der Waals surface area contributed by atoms with Crippen LogP contribution in [0.5, 0.6) is 0 Å². The fourth-order valence-corrected chi connectivity index (χ4v) is 6.59. The first-order chi connectivity index (χ1) is 19.8. The van der Waals surface area contributed by atoms with E-state index in [2.05, 4.69) is 23.2 Å². The molecule has 1 aliphatic heterocycles. The van der Waals surface area contributed by atoms with Crippen molar-refractivity contribution in [1.82, 2.24) is 5.32 Å². The second-order valence-corrected chi connectivity index (χ2v) is 12.3. The van der Waals surface area contributed by atoms with Crippen LogP contribution in [0.25, 0.3) is 0 Å². The zero-order valence-electron chi connectivity index (χ0n) is 25.1. The number of rotatable bonds is 13. The van der Waals surface area contributed by atoms with E-state index in [4.69, 9.17) is 5.73 Å². The minimum absolute atomic E-state index is 0.102. The fraction of sp³-hybridized carbons (Fsp3) is 0.559. The maximum atomic E-state index is 14.3. The number of fused-ring (bicyclic) bond motifs is 1. The highest BCUT2D eigenvalue weighted by molar-refractivity contribution is 6.04. The van der Waals surface area contributed by atoms with Crippen LogP contribution in [-0.2, 0) is 14.4 Å². The Morgan fingerprint density at radius 3 is 2.27 bits per heavy atom.